The van der Waals surface area contributed by atoms with E-state index in [1.165, 1.54) is 70.6 Å². The standard InChI is InChI=1S/C20H36O/c1-3-5-6-7-8-9-10-11-12-13-14-15-16-17-18-20(4-2)19-21/h16-19H,3-15H2,1-2H3. The lowest BCUT2D eigenvalue weighted by atomic mass is 10.1. The quantitative estimate of drug-likeness (QED) is 0.141. The lowest BCUT2D eigenvalue weighted by Gasteiger charge is -2.01. The maximum Gasteiger partial charge on any atom is 0.146 e. The maximum absolute atomic E-state index is 10.6. The van der Waals surface area contributed by atoms with Gasteiger partial charge in [-0.25, -0.2) is 0 Å². The van der Waals surface area contributed by atoms with E-state index in [-0.39, 0.29) is 0 Å². The van der Waals surface area contributed by atoms with Crippen LogP contribution < -0.4 is 0 Å². The van der Waals surface area contributed by atoms with E-state index in [9.17, 15) is 4.79 Å². The second kappa shape index (κ2) is 17.2. The van der Waals surface area contributed by atoms with Crippen LogP contribution in [0.2, 0.25) is 0 Å². The topological polar surface area (TPSA) is 17.1 Å². The summed E-state index contributed by atoms with van der Waals surface area (Å²) >= 11 is 0. The highest BCUT2D eigenvalue weighted by molar-refractivity contribution is 5.73. The number of carbonyl (C=O) groups is 1. The Balaban J connectivity index is 3.24. The molecule has 0 aromatic rings. The molecular formula is C20H36O. The highest BCUT2D eigenvalue weighted by atomic mass is 16.1. The summed E-state index contributed by atoms with van der Waals surface area (Å²) in [5.74, 6) is 0. The van der Waals surface area contributed by atoms with Gasteiger partial charge < -0.3 is 0 Å². The van der Waals surface area contributed by atoms with Crippen molar-refractivity contribution < 1.29 is 4.79 Å². The van der Waals surface area contributed by atoms with E-state index in [0.717, 1.165) is 24.7 Å². The fourth-order valence-corrected chi connectivity index (χ4v) is 2.45. The van der Waals surface area contributed by atoms with Gasteiger partial charge in [0.15, 0.2) is 0 Å². The van der Waals surface area contributed by atoms with Gasteiger partial charge >= 0.3 is 0 Å². The van der Waals surface area contributed by atoms with Gasteiger partial charge in [-0.1, -0.05) is 96.3 Å². The molecule has 21 heavy (non-hydrogen) atoms. The highest BCUT2D eigenvalue weighted by Crippen LogP contribution is 2.12. The third kappa shape index (κ3) is 15.4. The van der Waals surface area contributed by atoms with E-state index in [4.69, 9.17) is 0 Å². The summed E-state index contributed by atoms with van der Waals surface area (Å²) in [4.78, 5) is 10.6. The van der Waals surface area contributed by atoms with Gasteiger partial charge in [0, 0.05) is 0 Å². The van der Waals surface area contributed by atoms with E-state index >= 15 is 0 Å². The van der Waals surface area contributed by atoms with E-state index in [2.05, 4.69) is 13.0 Å². The summed E-state index contributed by atoms with van der Waals surface area (Å²) < 4.78 is 0. The van der Waals surface area contributed by atoms with Crippen LogP contribution in [-0.2, 0) is 4.79 Å². The van der Waals surface area contributed by atoms with Crippen molar-refractivity contribution in [3.8, 4) is 0 Å². The number of unbranched alkanes of at least 4 members (excludes halogenated alkanes) is 11. The molecule has 0 amide bonds. The van der Waals surface area contributed by atoms with Gasteiger partial charge in [0.1, 0.15) is 6.29 Å². The predicted octanol–water partition coefficient (Wildman–Crippen LogP) is 6.78. The molecule has 0 fully saturated rings. The summed E-state index contributed by atoms with van der Waals surface area (Å²) in [6.07, 6.45) is 24.4. The van der Waals surface area contributed by atoms with Crippen molar-refractivity contribution >= 4 is 6.29 Å². The van der Waals surface area contributed by atoms with E-state index in [0.29, 0.717) is 0 Å². The lowest BCUT2D eigenvalue weighted by molar-refractivity contribution is -0.105. The van der Waals surface area contributed by atoms with Crippen molar-refractivity contribution in [3.05, 3.63) is 23.8 Å². The summed E-state index contributed by atoms with van der Waals surface area (Å²) in [6, 6.07) is 0. The van der Waals surface area contributed by atoms with Crippen molar-refractivity contribution in [1.82, 2.24) is 0 Å². The lowest BCUT2D eigenvalue weighted by Crippen LogP contribution is -1.82. The molecule has 0 heterocycles. The second-order valence-electron chi connectivity index (χ2n) is 5.97. The number of hydrogen-bond donors (Lipinski definition) is 0. The van der Waals surface area contributed by atoms with Crippen molar-refractivity contribution in [2.75, 3.05) is 0 Å². The first-order valence-corrected chi connectivity index (χ1v) is 9.16. The Morgan fingerprint density at radius 2 is 1.29 bits per heavy atom. The molecule has 0 saturated heterocycles. The van der Waals surface area contributed by atoms with E-state index in [1.54, 1.807) is 0 Å². The summed E-state index contributed by atoms with van der Waals surface area (Å²) in [7, 11) is 0. The fraction of sp³-hybridized carbons (Fsp3) is 0.750. The van der Waals surface area contributed by atoms with E-state index in [1.807, 2.05) is 19.1 Å². The minimum absolute atomic E-state index is 0.826. The van der Waals surface area contributed by atoms with Crippen molar-refractivity contribution in [2.24, 2.45) is 0 Å². The SMILES string of the molecule is CCCCCCCCCCCCCC=CC=C(C=O)CC. The van der Waals surface area contributed by atoms with Gasteiger partial charge in [-0.3, -0.25) is 4.79 Å². The number of carbonyl (C=O) groups excluding carboxylic acids is 1. The third-order valence-electron chi connectivity index (χ3n) is 3.98. The minimum atomic E-state index is 0.826. The zero-order chi connectivity index (χ0) is 15.6. The van der Waals surface area contributed by atoms with Crippen LogP contribution in [0.15, 0.2) is 23.8 Å². The predicted molar refractivity (Wildman–Crippen MR) is 94.7 cm³/mol. The van der Waals surface area contributed by atoms with E-state index < -0.39 is 0 Å². The van der Waals surface area contributed by atoms with Crippen molar-refractivity contribution in [3.63, 3.8) is 0 Å². The molecule has 0 bridgehead atoms. The van der Waals surface area contributed by atoms with Crippen molar-refractivity contribution in [2.45, 2.75) is 97.3 Å². The average molecular weight is 293 g/mol. The second-order valence-corrected chi connectivity index (χ2v) is 5.97. The molecule has 1 nitrogen and oxygen atoms in total. The zero-order valence-corrected chi connectivity index (χ0v) is 14.4. The molecule has 1 heteroatoms. The van der Waals surface area contributed by atoms with Gasteiger partial charge in [0.05, 0.1) is 0 Å². The molecular weight excluding hydrogens is 256 g/mol. The van der Waals surface area contributed by atoms with Crippen LogP contribution in [0.5, 0.6) is 0 Å². The number of rotatable bonds is 15. The summed E-state index contributed by atoms with van der Waals surface area (Å²) in [5, 5.41) is 0. The van der Waals surface area contributed by atoms with Gasteiger partial charge in [0.25, 0.3) is 0 Å². The van der Waals surface area contributed by atoms with Crippen LogP contribution in [0, 0.1) is 0 Å². The summed E-state index contributed by atoms with van der Waals surface area (Å²) in [5.41, 5.74) is 0.880. The zero-order valence-electron chi connectivity index (χ0n) is 14.4. The first-order valence-electron chi connectivity index (χ1n) is 9.16. The molecule has 0 unspecified atom stereocenters. The normalized spacial score (nSPS) is 12.2. The Bertz CT molecular complexity index is 276. The Hall–Kier alpha value is -0.850. The maximum atomic E-state index is 10.6. The number of aldehydes is 1. The van der Waals surface area contributed by atoms with Crippen LogP contribution >= 0.6 is 0 Å². The van der Waals surface area contributed by atoms with Gasteiger partial charge in [-0.2, -0.15) is 0 Å². The number of allylic oxidation sites excluding steroid dienone is 4. The smallest absolute Gasteiger partial charge is 0.146 e. The molecule has 0 atom stereocenters. The first kappa shape index (κ1) is 20.1. The molecule has 122 valence electrons. The monoisotopic (exact) mass is 292 g/mol. The third-order valence-corrected chi connectivity index (χ3v) is 3.98. The molecule has 0 radical (unpaired) electrons. The van der Waals surface area contributed by atoms with Crippen LogP contribution in [-0.4, -0.2) is 6.29 Å². The fourth-order valence-electron chi connectivity index (χ4n) is 2.45. The van der Waals surface area contributed by atoms with Gasteiger partial charge in [-0.05, 0) is 24.8 Å². The van der Waals surface area contributed by atoms with Gasteiger partial charge in [-0.15, -0.1) is 0 Å². The van der Waals surface area contributed by atoms with Gasteiger partial charge in [0.2, 0.25) is 0 Å². The molecule has 0 aromatic carbocycles. The van der Waals surface area contributed by atoms with Crippen molar-refractivity contribution in [1.29, 1.82) is 0 Å². The molecule has 0 aliphatic rings. The molecule has 0 N–H and O–H groups in total. The summed E-state index contributed by atoms with van der Waals surface area (Å²) in [6.45, 7) is 4.29. The Labute approximate surface area is 132 Å². The molecule has 0 aromatic heterocycles. The molecule has 0 aliphatic carbocycles. The Morgan fingerprint density at radius 3 is 1.76 bits per heavy atom. The van der Waals surface area contributed by atoms with Crippen LogP contribution in [0.1, 0.15) is 97.3 Å². The average Bonchev–Trinajstić information content (AvgIpc) is 2.51. The number of hydrogen-bond acceptors (Lipinski definition) is 1. The Kier molecular flexibility index (Phi) is 16.5. The minimum Gasteiger partial charge on any atom is -0.298 e. The van der Waals surface area contributed by atoms with Crippen LogP contribution in [0.4, 0.5) is 0 Å². The first-order chi connectivity index (χ1) is 10.3. The molecule has 0 saturated carbocycles. The van der Waals surface area contributed by atoms with Crippen LogP contribution in [0.3, 0.4) is 0 Å². The van der Waals surface area contributed by atoms with Crippen LogP contribution in [0.25, 0.3) is 0 Å². The largest absolute Gasteiger partial charge is 0.298 e. The Morgan fingerprint density at radius 1 is 0.762 bits per heavy atom. The molecule has 0 rings (SSSR count). The highest BCUT2D eigenvalue weighted by Gasteiger charge is 1.92. The molecule has 0 aliphatic heterocycles. The molecule has 0 spiro atoms.